The van der Waals surface area contributed by atoms with Gasteiger partial charge in [-0.15, -0.1) is 12.4 Å². The smallest absolute Gasteiger partial charge is 0.224 e. The summed E-state index contributed by atoms with van der Waals surface area (Å²) in [4.78, 5) is 12.1. The van der Waals surface area contributed by atoms with Crippen molar-refractivity contribution in [2.75, 3.05) is 32.8 Å². The number of rotatable bonds is 5. The van der Waals surface area contributed by atoms with Gasteiger partial charge in [0.15, 0.2) is 11.5 Å². The molecule has 1 atom stereocenters. The van der Waals surface area contributed by atoms with Crippen LogP contribution in [-0.2, 0) is 11.2 Å². The molecule has 0 radical (unpaired) electrons. The number of carbonyl (C=O) groups excluding carboxylic acids is 1. The van der Waals surface area contributed by atoms with E-state index in [9.17, 15) is 4.79 Å². The van der Waals surface area contributed by atoms with Gasteiger partial charge in [-0.2, -0.15) is 0 Å². The van der Waals surface area contributed by atoms with Gasteiger partial charge in [0.2, 0.25) is 5.91 Å². The molecule has 1 aromatic rings. The molecule has 5 nitrogen and oxygen atoms in total. The molecule has 2 N–H and O–H groups in total. The van der Waals surface area contributed by atoms with E-state index >= 15 is 0 Å². The Hall–Kier alpha value is -1.17. The first-order valence-electron chi connectivity index (χ1n) is 8.28. The molecule has 134 valence electrons. The van der Waals surface area contributed by atoms with Crippen LogP contribution in [0.5, 0.6) is 11.5 Å². The summed E-state index contributed by atoms with van der Waals surface area (Å²) in [6, 6.07) is 3.62. The van der Waals surface area contributed by atoms with Crippen LogP contribution >= 0.6 is 24.0 Å². The van der Waals surface area contributed by atoms with Crippen molar-refractivity contribution >= 4 is 29.9 Å². The van der Waals surface area contributed by atoms with E-state index in [1.54, 1.807) is 6.07 Å². The third-order valence-electron chi connectivity index (χ3n) is 4.29. The molecule has 2 aliphatic heterocycles. The lowest BCUT2D eigenvalue weighted by molar-refractivity contribution is -0.120. The van der Waals surface area contributed by atoms with Crippen molar-refractivity contribution in [2.45, 2.75) is 25.7 Å². The molecular weight excluding hydrogens is 351 g/mol. The van der Waals surface area contributed by atoms with Crippen molar-refractivity contribution in [2.24, 2.45) is 5.92 Å². The maximum atomic E-state index is 12.1. The number of benzene rings is 1. The number of carbonyl (C=O) groups is 1. The van der Waals surface area contributed by atoms with Crippen molar-refractivity contribution in [3.05, 3.63) is 22.7 Å². The first-order valence-corrected chi connectivity index (χ1v) is 8.65. The lowest BCUT2D eigenvalue weighted by Crippen LogP contribution is -2.33. The van der Waals surface area contributed by atoms with E-state index in [-0.39, 0.29) is 18.3 Å². The number of halogens is 2. The second-order valence-corrected chi connectivity index (χ2v) is 6.54. The minimum absolute atomic E-state index is 0. The zero-order valence-corrected chi connectivity index (χ0v) is 15.2. The molecule has 0 bridgehead atoms. The monoisotopic (exact) mass is 374 g/mol. The van der Waals surface area contributed by atoms with Gasteiger partial charge in [0.25, 0.3) is 0 Å². The van der Waals surface area contributed by atoms with E-state index in [0.717, 1.165) is 31.6 Å². The molecule has 1 unspecified atom stereocenters. The van der Waals surface area contributed by atoms with Crippen molar-refractivity contribution in [1.29, 1.82) is 0 Å². The zero-order valence-electron chi connectivity index (χ0n) is 13.6. The van der Waals surface area contributed by atoms with Crippen LogP contribution in [0.2, 0.25) is 5.02 Å². The summed E-state index contributed by atoms with van der Waals surface area (Å²) in [6.07, 6.45) is 3.81. The van der Waals surface area contributed by atoms with Gasteiger partial charge >= 0.3 is 0 Å². The van der Waals surface area contributed by atoms with Crippen LogP contribution in [0.3, 0.4) is 0 Å². The van der Waals surface area contributed by atoms with E-state index in [1.165, 1.54) is 12.8 Å². The van der Waals surface area contributed by atoms with Crippen molar-refractivity contribution in [3.8, 4) is 11.5 Å². The number of hydrogen-bond donors (Lipinski definition) is 2. The molecule has 2 heterocycles. The van der Waals surface area contributed by atoms with Crippen LogP contribution in [0.1, 0.15) is 24.8 Å². The van der Waals surface area contributed by atoms with E-state index in [4.69, 9.17) is 21.1 Å². The Morgan fingerprint density at radius 3 is 2.96 bits per heavy atom. The Morgan fingerprint density at radius 1 is 1.33 bits per heavy atom. The third-order valence-corrected chi connectivity index (χ3v) is 4.58. The lowest BCUT2D eigenvalue weighted by Gasteiger charge is -2.22. The van der Waals surface area contributed by atoms with E-state index in [1.807, 2.05) is 6.07 Å². The van der Waals surface area contributed by atoms with Crippen molar-refractivity contribution < 1.29 is 14.3 Å². The molecule has 24 heavy (non-hydrogen) atoms. The van der Waals surface area contributed by atoms with E-state index < -0.39 is 0 Å². The minimum atomic E-state index is 0. The Bertz CT molecular complexity index is 563. The molecule has 0 spiro atoms. The number of ether oxygens (including phenoxy) is 2. The number of piperidine rings is 1. The standard InChI is InChI=1S/C17H23ClN2O3.ClH/c18-14-8-13(9-15-17(14)23-7-6-22-15)10-16(21)20-5-3-12-2-1-4-19-11-12;/h8-9,12,19H,1-7,10-11H2,(H,20,21);1H. The second kappa shape index (κ2) is 9.35. The maximum absolute atomic E-state index is 12.1. The highest BCUT2D eigenvalue weighted by atomic mass is 35.5. The molecular formula is C17H24Cl2N2O3. The van der Waals surface area contributed by atoms with Gasteiger partial charge in [-0.05, 0) is 56.0 Å². The fourth-order valence-electron chi connectivity index (χ4n) is 3.10. The number of fused-ring (bicyclic) bond motifs is 1. The maximum Gasteiger partial charge on any atom is 0.224 e. The largest absolute Gasteiger partial charge is 0.486 e. The molecule has 1 aromatic carbocycles. The molecule has 1 fully saturated rings. The van der Waals surface area contributed by atoms with Crippen molar-refractivity contribution in [1.82, 2.24) is 10.6 Å². The van der Waals surface area contributed by atoms with E-state index in [0.29, 0.717) is 42.1 Å². The highest BCUT2D eigenvalue weighted by Crippen LogP contribution is 2.38. The Balaban J connectivity index is 0.00000208. The van der Waals surface area contributed by atoms with Gasteiger partial charge in [0, 0.05) is 6.54 Å². The first-order chi connectivity index (χ1) is 11.2. The topological polar surface area (TPSA) is 59.6 Å². The highest BCUT2D eigenvalue weighted by Gasteiger charge is 2.18. The molecule has 0 aliphatic carbocycles. The molecule has 0 saturated carbocycles. The lowest BCUT2D eigenvalue weighted by atomic mass is 9.96. The SMILES string of the molecule is Cl.O=C(Cc1cc(Cl)c2c(c1)OCCO2)NCCC1CCCNC1. The second-order valence-electron chi connectivity index (χ2n) is 6.13. The van der Waals surface area contributed by atoms with Crippen LogP contribution in [0, 0.1) is 5.92 Å². The predicted octanol–water partition coefficient (Wildman–Crippen LogP) is 2.58. The van der Waals surface area contributed by atoms with Crippen LogP contribution in [0.25, 0.3) is 0 Å². The van der Waals surface area contributed by atoms with Crippen LogP contribution in [-0.4, -0.2) is 38.8 Å². The third kappa shape index (κ3) is 5.16. The van der Waals surface area contributed by atoms with Gasteiger partial charge in [0.1, 0.15) is 13.2 Å². The molecule has 2 aliphatic rings. The summed E-state index contributed by atoms with van der Waals surface area (Å²) in [5.41, 5.74) is 0.844. The molecule has 1 saturated heterocycles. The summed E-state index contributed by atoms with van der Waals surface area (Å²) < 4.78 is 11.0. The molecule has 1 amide bonds. The number of amides is 1. The van der Waals surface area contributed by atoms with Gasteiger partial charge in [-0.1, -0.05) is 11.6 Å². The average Bonchev–Trinajstić information content (AvgIpc) is 2.56. The quantitative estimate of drug-likeness (QED) is 0.831. The zero-order chi connectivity index (χ0) is 16.1. The summed E-state index contributed by atoms with van der Waals surface area (Å²) in [6.45, 7) is 3.92. The van der Waals surface area contributed by atoms with E-state index in [2.05, 4.69) is 10.6 Å². The number of nitrogens with one attached hydrogen (secondary N) is 2. The van der Waals surface area contributed by atoms with Gasteiger partial charge in [-0.25, -0.2) is 0 Å². The van der Waals surface area contributed by atoms with Crippen LogP contribution < -0.4 is 20.1 Å². The summed E-state index contributed by atoms with van der Waals surface area (Å²) in [5, 5.41) is 6.89. The number of hydrogen-bond acceptors (Lipinski definition) is 4. The predicted molar refractivity (Wildman–Crippen MR) is 96.6 cm³/mol. The minimum Gasteiger partial charge on any atom is -0.486 e. The van der Waals surface area contributed by atoms with Gasteiger partial charge < -0.3 is 20.1 Å². The Labute approximate surface area is 153 Å². The Kier molecular flexibility index (Phi) is 7.46. The fraction of sp³-hybridized carbons (Fsp3) is 0.588. The van der Waals surface area contributed by atoms with Crippen LogP contribution in [0.15, 0.2) is 12.1 Å². The van der Waals surface area contributed by atoms with Gasteiger partial charge in [0.05, 0.1) is 11.4 Å². The highest BCUT2D eigenvalue weighted by molar-refractivity contribution is 6.32. The van der Waals surface area contributed by atoms with Crippen LogP contribution in [0.4, 0.5) is 0 Å². The summed E-state index contributed by atoms with van der Waals surface area (Å²) in [5.74, 6) is 1.89. The van der Waals surface area contributed by atoms with Gasteiger partial charge in [-0.3, -0.25) is 4.79 Å². The molecule has 7 heteroatoms. The summed E-state index contributed by atoms with van der Waals surface area (Å²) in [7, 11) is 0. The first kappa shape index (κ1) is 19.2. The fourth-order valence-corrected chi connectivity index (χ4v) is 3.39. The molecule has 0 aromatic heterocycles. The van der Waals surface area contributed by atoms with Crippen molar-refractivity contribution in [3.63, 3.8) is 0 Å². The Morgan fingerprint density at radius 2 is 2.17 bits per heavy atom. The summed E-state index contributed by atoms with van der Waals surface area (Å²) >= 11 is 6.19. The molecule has 3 rings (SSSR count). The normalized spacial score (nSPS) is 19.3. The average molecular weight is 375 g/mol.